The quantitative estimate of drug-likeness (QED) is 0.790. The molecule has 0 bridgehead atoms. The standard InChI is InChI=1S/C12H14ClNOSi/c1-16(2,3)10-7-9(13)8-5-4-6-14-11(8)12(10)15/h4-7,15H,1-3H3. The van der Waals surface area contributed by atoms with Crippen molar-refractivity contribution in [2.24, 2.45) is 0 Å². The zero-order chi connectivity index (χ0) is 11.9. The molecule has 0 atom stereocenters. The molecule has 0 aliphatic carbocycles. The van der Waals surface area contributed by atoms with Crippen molar-refractivity contribution in [1.29, 1.82) is 0 Å². The number of pyridine rings is 1. The van der Waals surface area contributed by atoms with Crippen molar-refractivity contribution in [3.05, 3.63) is 29.4 Å². The molecule has 0 aliphatic heterocycles. The second-order valence-corrected chi connectivity index (χ2v) is 10.4. The molecule has 0 radical (unpaired) electrons. The van der Waals surface area contributed by atoms with Gasteiger partial charge in [0.1, 0.15) is 11.3 Å². The van der Waals surface area contributed by atoms with E-state index in [1.165, 1.54) is 0 Å². The minimum atomic E-state index is -1.60. The zero-order valence-electron chi connectivity index (χ0n) is 9.58. The van der Waals surface area contributed by atoms with E-state index in [0.29, 0.717) is 16.3 Å². The maximum atomic E-state index is 10.2. The van der Waals surface area contributed by atoms with Crippen molar-refractivity contribution in [3.63, 3.8) is 0 Å². The summed E-state index contributed by atoms with van der Waals surface area (Å²) in [6.07, 6.45) is 1.67. The first-order chi connectivity index (χ1) is 7.41. The van der Waals surface area contributed by atoms with Crippen LogP contribution in [0.3, 0.4) is 0 Å². The number of hydrogen-bond acceptors (Lipinski definition) is 2. The third kappa shape index (κ3) is 1.81. The van der Waals surface area contributed by atoms with Crippen molar-refractivity contribution < 1.29 is 5.11 Å². The average molecular weight is 252 g/mol. The van der Waals surface area contributed by atoms with E-state index in [2.05, 4.69) is 24.6 Å². The Labute approximate surface area is 101 Å². The number of benzene rings is 1. The van der Waals surface area contributed by atoms with Crippen LogP contribution < -0.4 is 5.19 Å². The maximum Gasteiger partial charge on any atom is 0.141 e. The Hall–Kier alpha value is -1.06. The van der Waals surface area contributed by atoms with Gasteiger partial charge in [0.2, 0.25) is 0 Å². The van der Waals surface area contributed by atoms with E-state index in [4.69, 9.17) is 11.6 Å². The fourth-order valence-corrected chi connectivity index (χ4v) is 3.52. The van der Waals surface area contributed by atoms with E-state index in [1.807, 2.05) is 18.2 Å². The smallest absolute Gasteiger partial charge is 0.141 e. The number of rotatable bonds is 1. The Balaban J connectivity index is 2.86. The summed E-state index contributed by atoms with van der Waals surface area (Å²) in [5, 5.41) is 12.7. The van der Waals surface area contributed by atoms with E-state index in [1.54, 1.807) is 6.20 Å². The fraction of sp³-hybridized carbons (Fsp3) is 0.250. The Morgan fingerprint density at radius 1 is 1.31 bits per heavy atom. The van der Waals surface area contributed by atoms with Gasteiger partial charge in [0.15, 0.2) is 0 Å². The summed E-state index contributed by atoms with van der Waals surface area (Å²) in [5.74, 6) is 0.291. The van der Waals surface area contributed by atoms with Crippen LogP contribution in [-0.2, 0) is 0 Å². The monoisotopic (exact) mass is 251 g/mol. The van der Waals surface area contributed by atoms with Crippen molar-refractivity contribution in [3.8, 4) is 5.75 Å². The van der Waals surface area contributed by atoms with E-state index in [-0.39, 0.29) is 0 Å². The lowest BCUT2D eigenvalue weighted by Crippen LogP contribution is -2.37. The normalized spacial score (nSPS) is 12.0. The van der Waals surface area contributed by atoms with Crippen LogP contribution >= 0.6 is 11.6 Å². The second kappa shape index (κ2) is 3.75. The first kappa shape index (κ1) is 11.4. The molecule has 1 aromatic heterocycles. The van der Waals surface area contributed by atoms with Crippen LogP contribution in [0.1, 0.15) is 0 Å². The van der Waals surface area contributed by atoms with Gasteiger partial charge < -0.3 is 5.11 Å². The Kier molecular flexibility index (Phi) is 2.68. The van der Waals surface area contributed by atoms with Crippen molar-refractivity contribution in [2.75, 3.05) is 0 Å². The number of nitrogens with zero attached hydrogens (tertiary/aromatic N) is 1. The van der Waals surface area contributed by atoms with E-state index in [0.717, 1.165) is 10.6 Å². The Bertz CT molecular complexity index is 548. The number of aromatic hydroxyl groups is 1. The SMILES string of the molecule is C[Si](C)(C)c1cc(Cl)c2cccnc2c1O. The highest BCUT2D eigenvalue weighted by molar-refractivity contribution is 6.89. The summed E-state index contributed by atoms with van der Waals surface area (Å²) >= 11 is 6.21. The molecule has 2 nitrogen and oxygen atoms in total. The lowest BCUT2D eigenvalue weighted by atomic mass is 10.2. The molecule has 0 saturated heterocycles. The molecule has 2 rings (SSSR count). The topological polar surface area (TPSA) is 33.1 Å². The largest absolute Gasteiger partial charge is 0.506 e. The van der Waals surface area contributed by atoms with Crippen LogP contribution in [-0.4, -0.2) is 18.2 Å². The predicted octanol–water partition coefficient (Wildman–Crippen LogP) is 3.14. The molecule has 0 saturated carbocycles. The van der Waals surface area contributed by atoms with E-state index in [9.17, 15) is 5.11 Å². The van der Waals surface area contributed by atoms with Gasteiger partial charge in [-0.1, -0.05) is 31.2 Å². The summed E-state index contributed by atoms with van der Waals surface area (Å²) in [6, 6.07) is 5.58. The highest BCUT2D eigenvalue weighted by Crippen LogP contribution is 2.29. The Morgan fingerprint density at radius 2 is 2.00 bits per heavy atom. The van der Waals surface area contributed by atoms with Gasteiger partial charge in [-0.2, -0.15) is 0 Å². The van der Waals surface area contributed by atoms with Crippen LogP contribution in [0.15, 0.2) is 24.4 Å². The van der Waals surface area contributed by atoms with Gasteiger partial charge in [-0.05, 0) is 23.4 Å². The number of aromatic nitrogens is 1. The van der Waals surface area contributed by atoms with Gasteiger partial charge in [0, 0.05) is 11.6 Å². The molecule has 0 fully saturated rings. The molecule has 2 aromatic rings. The fourth-order valence-electron chi connectivity index (χ4n) is 1.76. The minimum Gasteiger partial charge on any atom is -0.506 e. The molecular formula is C12H14ClNOSi. The van der Waals surface area contributed by atoms with E-state index < -0.39 is 8.07 Å². The lowest BCUT2D eigenvalue weighted by molar-refractivity contribution is 0.484. The van der Waals surface area contributed by atoms with E-state index >= 15 is 0 Å². The highest BCUT2D eigenvalue weighted by Gasteiger charge is 2.23. The number of halogens is 1. The Morgan fingerprint density at radius 3 is 2.62 bits per heavy atom. The van der Waals surface area contributed by atoms with Crippen LogP contribution in [0.5, 0.6) is 5.75 Å². The van der Waals surface area contributed by atoms with Gasteiger partial charge in [-0.3, -0.25) is 4.98 Å². The van der Waals surface area contributed by atoms with Crippen LogP contribution in [0.2, 0.25) is 24.7 Å². The summed E-state index contributed by atoms with van der Waals surface area (Å²) in [5.41, 5.74) is 0.604. The number of phenolic OH excluding ortho intramolecular Hbond substituents is 1. The zero-order valence-corrected chi connectivity index (χ0v) is 11.3. The molecular weight excluding hydrogens is 238 g/mol. The van der Waals surface area contributed by atoms with Gasteiger partial charge in [-0.15, -0.1) is 0 Å². The molecule has 0 aliphatic rings. The van der Waals surface area contributed by atoms with Gasteiger partial charge >= 0.3 is 0 Å². The molecule has 0 unspecified atom stereocenters. The lowest BCUT2D eigenvalue weighted by Gasteiger charge is -2.19. The molecule has 1 aromatic carbocycles. The summed E-state index contributed by atoms with van der Waals surface area (Å²) in [4.78, 5) is 4.20. The van der Waals surface area contributed by atoms with Crippen LogP contribution in [0.25, 0.3) is 10.9 Å². The summed E-state index contributed by atoms with van der Waals surface area (Å²) in [7, 11) is -1.60. The van der Waals surface area contributed by atoms with Crippen molar-refractivity contribution in [1.82, 2.24) is 4.98 Å². The van der Waals surface area contributed by atoms with Gasteiger partial charge in [-0.25, -0.2) is 0 Å². The minimum absolute atomic E-state index is 0.291. The molecule has 4 heteroatoms. The highest BCUT2D eigenvalue weighted by atomic mass is 35.5. The predicted molar refractivity (Wildman–Crippen MR) is 71.4 cm³/mol. The third-order valence-electron chi connectivity index (χ3n) is 2.62. The van der Waals surface area contributed by atoms with Gasteiger partial charge in [0.05, 0.1) is 13.1 Å². The van der Waals surface area contributed by atoms with Crippen molar-refractivity contribution >= 4 is 35.8 Å². The molecule has 0 amide bonds. The van der Waals surface area contributed by atoms with Crippen LogP contribution in [0.4, 0.5) is 0 Å². The van der Waals surface area contributed by atoms with Gasteiger partial charge in [0.25, 0.3) is 0 Å². The molecule has 1 N–H and O–H groups in total. The number of phenols is 1. The van der Waals surface area contributed by atoms with Crippen LogP contribution in [0, 0.1) is 0 Å². The van der Waals surface area contributed by atoms with Crippen molar-refractivity contribution in [2.45, 2.75) is 19.6 Å². The maximum absolute atomic E-state index is 10.2. The third-order valence-corrected chi connectivity index (χ3v) is 4.93. The summed E-state index contributed by atoms with van der Waals surface area (Å²) < 4.78 is 0. The first-order valence-electron chi connectivity index (χ1n) is 5.18. The molecule has 84 valence electrons. The molecule has 0 spiro atoms. The first-order valence-corrected chi connectivity index (χ1v) is 9.06. The number of hydrogen-bond donors (Lipinski definition) is 1. The number of fused-ring (bicyclic) bond motifs is 1. The average Bonchev–Trinajstić information content (AvgIpc) is 2.22. The second-order valence-electron chi connectivity index (χ2n) is 4.90. The molecule has 1 heterocycles. The molecule has 16 heavy (non-hydrogen) atoms. The summed E-state index contributed by atoms with van der Waals surface area (Å²) in [6.45, 7) is 6.52.